The van der Waals surface area contributed by atoms with Crippen molar-refractivity contribution < 1.29 is 35.9 Å². The third-order valence-electron chi connectivity index (χ3n) is 6.33. The monoisotopic (exact) mass is 539 g/mol. The zero-order chi connectivity index (χ0) is 27.6. The van der Waals surface area contributed by atoms with Gasteiger partial charge in [-0.15, -0.1) is 0 Å². The molecule has 1 saturated carbocycles. The molecule has 0 aliphatic heterocycles. The third kappa shape index (κ3) is 6.07. The number of alkyl halides is 3. The fourth-order valence-corrected chi connectivity index (χ4v) is 4.12. The van der Waals surface area contributed by atoms with Gasteiger partial charge in [0.25, 0.3) is 5.56 Å². The summed E-state index contributed by atoms with van der Waals surface area (Å²) in [5.74, 6) is -4.18. The lowest BCUT2D eigenvalue weighted by Crippen LogP contribution is -2.42. The number of aryl methyl sites for hydroxylation is 1. The van der Waals surface area contributed by atoms with Crippen LogP contribution in [0.3, 0.4) is 0 Å². The Bertz CT molecular complexity index is 1400. The van der Waals surface area contributed by atoms with E-state index in [1.54, 1.807) is 6.92 Å². The molecule has 1 aliphatic rings. The van der Waals surface area contributed by atoms with Crippen molar-refractivity contribution in [3.63, 3.8) is 0 Å². The molecule has 1 aromatic heterocycles. The van der Waals surface area contributed by atoms with Gasteiger partial charge in [0.15, 0.2) is 0 Å². The summed E-state index contributed by atoms with van der Waals surface area (Å²) in [6, 6.07) is 5.84. The van der Waals surface area contributed by atoms with Crippen LogP contribution in [-0.2, 0) is 35.3 Å². The first kappa shape index (κ1) is 27.4. The molecule has 38 heavy (non-hydrogen) atoms. The first-order valence-corrected chi connectivity index (χ1v) is 11.8. The lowest BCUT2D eigenvalue weighted by Gasteiger charge is -2.34. The Hall–Kier alpha value is -3.67. The van der Waals surface area contributed by atoms with Crippen LogP contribution < -0.4 is 10.9 Å². The van der Waals surface area contributed by atoms with Crippen molar-refractivity contribution in [3.8, 4) is 11.4 Å². The molecule has 2 aromatic carbocycles. The van der Waals surface area contributed by atoms with Gasteiger partial charge in [0.2, 0.25) is 5.91 Å². The number of ether oxygens (including phenoxy) is 1. The Balaban J connectivity index is 1.42. The minimum absolute atomic E-state index is 0.0972. The van der Waals surface area contributed by atoms with Gasteiger partial charge in [-0.1, -0.05) is 19.1 Å². The zero-order valence-electron chi connectivity index (χ0n) is 20.1. The van der Waals surface area contributed by atoms with Crippen molar-refractivity contribution in [1.29, 1.82) is 0 Å². The summed E-state index contributed by atoms with van der Waals surface area (Å²) >= 11 is 0. The van der Waals surface area contributed by atoms with E-state index in [0.717, 1.165) is 24.3 Å². The molecule has 202 valence electrons. The molecule has 0 saturated heterocycles. The van der Waals surface area contributed by atoms with Crippen molar-refractivity contribution in [2.45, 2.75) is 51.6 Å². The van der Waals surface area contributed by atoms with Gasteiger partial charge in [0, 0.05) is 41.4 Å². The summed E-state index contributed by atoms with van der Waals surface area (Å²) in [6.07, 6.45) is -4.38. The molecule has 0 spiro atoms. The minimum Gasteiger partial charge on any atom is -0.373 e. The number of hydrogen-bond donors (Lipinski definition) is 2. The van der Waals surface area contributed by atoms with E-state index >= 15 is 4.39 Å². The van der Waals surface area contributed by atoms with Crippen LogP contribution >= 0.6 is 0 Å². The number of hydrogen-bond acceptors (Lipinski definition) is 4. The predicted octanol–water partition coefficient (Wildman–Crippen LogP) is 5.05. The summed E-state index contributed by atoms with van der Waals surface area (Å²) in [5.41, 5.74) is -2.78. The molecule has 4 rings (SSSR count). The van der Waals surface area contributed by atoms with E-state index < -0.39 is 64.5 Å². The summed E-state index contributed by atoms with van der Waals surface area (Å²) in [5, 5.41) is 2.51. The van der Waals surface area contributed by atoms with Crippen molar-refractivity contribution in [2.24, 2.45) is 5.92 Å². The first-order chi connectivity index (χ1) is 18.0. The van der Waals surface area contributed by atoms with Crippen molar-refractivity contribution in [2.75, 3.05) is 0 Å². The largest absolute Gasteiger partial charge is 0.417 e. The molecular formula is C26H23F6N3O3. The van der Waals surface area contributed by atoms with Crippen molar-refractivity contribution in [3.05, 3.63) is 86.6 Å². The molecule has 3 aromatic rings. The summed E-state index contributed by atoms with van der Waals surface area (Å²) in [7, 11) is 0. The maximum absolute atomic E-state index is 15.4. The number of H-pyrrole nitrogens is 1. The molecular weight excluding hydrogens is 516 g/mol. The molecule has 6 nitrogen and oxygen atoms in total. The van der Waals surface area contributed by atoms with E-state index in [1.807, 2.05) is 0 Å². The summed E-state index contributed by atoms with van der Waals surface area (Å²) < 4.78 is 88.5. The van der Waals surface area contributed by atoms with E-state index in [2.05, 4.69) is 15.3 Å². The smallest absolute Gasteiger partial charge is 0.373 e. The Morgan fingerprint density at radius 2 is 1.82 bits per heavy atom. The normalized spacial score (nSPS) is 17.2. The minimum atomic E-state index is -4.92. The van der Waals surface area contributed by atoms with Gasteiger partial charge in [-0.05, 0) is 31.4 Å². The number of aromatic amines is 1. The highest BCUT2D eigenvalue weighted by atomic mass is 19.4. The second-order valence-electron chi connectivity index (χ2n) is 8.95. The number of nitrogens with one attached hydrogen (secondary N) is 2. The molecule has 1 fully saturated rings. The Morgan fingerprint density at radius 3 is 2.47 bits per heavy atom. The SMILES string of the molecule is CCc1cc(=O)[nH]c(-c2c(C(F)(F)F)ccc(CNC(=O)[C@H]3C[C@H](OCc4ccc(F)cc4F)C3)c2F)n1. The number of benzene rings is 2. The van der Waals surface area contributed by atoms with Crippen LogP contribution in [0.5, 0.6) is 0 Å². The van der Waals surface area contributed by atoms with Crippen LogP contribution in [0, 0.1) is 23.4 Å². The van der Waals surface area contributed by atoms with Crippen LogP contribution in [0.2, 0.25) is 0 Å². The van der Waals surface area contributed by atoms with Gasteiger partial charge in [-0.2, -0.15) is 13.2 Å². The van der Waals surface area contributed by atoms with E-state index in [9.17, 15) is 31.5 Å². The molecule has 0 bridgehead atoms. The molecule has 1 heterocycles. The Labute approximate surface area is 213 Å². The van der Waals surface area contributed by atoms with Gasteiger partial charge in [0.05, 0.1) is 23.8 Å². The Kier molecular flexibility index (Phi) is 7.91. The van der Waals surface area contributed by atoms with Crippen LogP contribution in [0.1, 0.15) is 42.1 Å². The maximum Gasteiger partial charge on any atom is 0.417 e. The van der Waals surface area contributed by atoms with Crippen molar-refractivity contribution >= 4 is 5.91 Å². The van der Waals surface area contributed by atoms with Gasteiger partial charge in [-0.3, -0.25) is 9.59 Å². The summed E-state index contributed by atoms with van der Waals surface area (Å²) in [4.78, 5) is 30.5. The number of carbonyl (C=O) groups excluding carboxylic acids is 1. The molecule has 1 aliphatic carbocycles. The number of amides is 1. The third-order valence-corrected chi connectivity index (χ3v) is 6.33. The summed E-state index contributed by atoms with van der Waals surface area (Å²) in [6.45, 7) is 1.16. The number of halogens is 6. The van der Waals surface area contributed by atoms with E-state index in [4.69, 9.17) is 4.74 Å². The van der Waals surface area contributed by atoms with E-state index in [0.29, 0.717) is 18.9 Å². The average Bonchev–Trinajstić information content (AvgIpc) is 2.82. The lowest BCUT2D eigenvalue weighted by molar-refractivity contribution is -0.137. The van der Waals surface area contributed by atoms with Gasteiger partial charge in [-0.25, -0.2) is 18.2 Å². The first-order valence-electron chi connectivity index (χ1n) is 11.8. The van der Waals surface area contributed by atoms with Crippen LogP contribution in [-0.4, -0.2) is 22.0 Å². The number of carbonyl (C=O) groups is 1. The molecule has 12 heteroatoms. The van der Waals surface area contributed by atoms with E-state index in [-0.39, 0.29) is 36.0 Å². The van der Waals surface area contributed by atoms with Gasteiger partial charge >= 0.3 is 6.18 Å². The second-order valence-corrected chi connectivity index (χ2v) is 8.95. The number of aromatic nitrogens is 2. The van der Waals surface area contributed by atoms with Crippen LogP contribution in [0.4, 0.5) is 26.3 Å². The standard InChI is InChI=1S/C26H23F6N3O3/c1-2-17-10-21(36)35-24(34-17)22-19(26(30,31)32)6-4-13(23(22)29)11-33-25(37)15-7-18(8-15)38-12-14-3-5-16(27)9-20(14)28/h3-6,9-10,15,18H,2,7-8,11-12H2,1H3,(H,33,37)(H,34,35,36)/t15-,18-. The zero-order valence-corrected chi connectivity index (χ0v) is 20.1. The maximum atomic E-state index is 15.4. The van der Waals surface area contributed by atoms with Crippen LogP contribution in [0.25, 0.3) is 11.4 Å². The highest BCUT2D eigenvalue weighted by molar-refractivity contribution is 5.79. The fourth-order valence-electron chi connectivity index (χ4n) is 4.12. The predicted molar refractivity (Wildman–Crippen MR) is 124 cm³/mol. The van der Waals surface area contributed by atoms with Crippen molar-refractivity contribution in [1.82, 2.24) is 15.3 Å². The lowest BCUT2D eigenvalue weighted by atomic mass is 9.81. The topological polar surface area (TPSA) is 84.1 Å². The number of nitrogens with zero attached hydrogens (tertiary/aromatic N) is 1. The highest BCUT2D eigenvalue weighted by Crippen LogP contribution is 2.38. The molecule has 0 radical (unpaired) electrons. The molecule has 0 atom stereocenters. The van der Waals surface area contributed by atoms with Crippen LogP contribution in [0.15, 0.2) is 41.2 Å². The molecule has 0 unspecified atom stereocenters. The highest BCUT2D eigenvalue weighted by Gasteiger charge is 2.38. The molecule has 1 amide bonds. The van der Waals surface area contributed by atoms with Gasteiger partial charge in [0.1, 0.15) is 23.3 Å². The second kappa shape index (κ2) is 11.0. The fraction of sp³-hybridized carbons (Fsp3) is 0.346. The molecule has 2 N–H and O–H groups in total. The van der Waals surface area contributed by atoms with E-state index in [1.165, 1.54) is 6.07 Å². The quantitative estimate of drug-likeness (QED) is 0.393. The van der Waals surface area contributed by atoms with Gasteiger partial charge < -0.3 is 15.0 Å². The average molecular weight is 539 g/mol. The Morgan fingerprint density at radius 1 is 1.11 bits per heavy atom. The number of rotatable bonds is 8.